The van der Waals surface area contributed by atoms with Crippen molar-refractivity contribution in [3.8, 4) is 34.5 Å². The molecule has 2 heterocycles. The zero-order valence-corrected chi connectivity index (χ0v) is 29.7. The molecule has 50 heavy (non-hydrogen) atoms. The van der Waals surface area contributed by atoms with Crippen molar-refractivity contribution in [3.63, 3.8) is 0 Å². The summed E-state index contributed by atoms with van der Waals surface area (Å²) in [5.74, 6) is 1.10. The number of ether oxygens (including phenoxy) is 7. The van der Waals surface area contributed by atoms with E-state index < -0.39 is 23.8 Å². The Morgan fingerprint density at radius 3 is 1.86 bits per heavy atom. The summed E-state index contributed by atoms with van der Waals surface area (Å²) in [5, 5.41) is 0. The number of benzene rings is 2. The van der Waals surface area contributed by atoms with E-state index in [2.05, 4.69) is 4.98 Å². The van der Waals surface area contributed by atoms with E-state index in [9.17, 15) is 14.4 Å². The second-order valence-electron chi connectivity index (χ2n) is 11.7. The van der Waals surface area contributed by atoms with Crippen LogP contribution in [0.2, 0.25) is 0 Å². The highest BCUT2D eigenvalue weighted by atomic mass is 16.6. The molecule has 0 saturated carbocycles. The first-order chi connectivity index (χ1) is 24.3. The first-order valence-electron chi connectivity index (χ1n) is 16.5. The van der Waals surface area contributed by atoms with E-state index in [1.165, 1.54) is 38.4 Å². The molecule has 13 heteroatoms. The monoisotopic (exact) mass is 693 g/mol. The molecule has 13 nitrogen and oxygen atoms in total. The molecular weight excluding hydrogens is 646 g/mol. The Kier molecular flexibility index (Phi) is 13.9. The minimum atomic E-state index is -0.716. The van der Waals surface area contributed by atoms with Crippen molar-refractivity contribution in [3.05, 3.63) is 65.5 Å². The van der Waals surface area contributed by atoms with Crippen LogP contribution in [0.5, 0.6) is 34.5 Å². The first kappa shape index (κ1) is 37.6. The largest absolute Gasteiger partial charge is 0.493 e. The number of rotatable bonds is 18. The van der Waals surface area contributed by atoms with Crippen LogP contribution >= 0.6 is 0 Å². The molecule has 1 unspecified atom stereocenters. The molecule has 2 amide bonds. The summed E-state index contributed by atoms with van der Waals surface area (Å²) in [5.41, 5.74) is 2.16. The van der Waals surface area contributed by atoms with Gasteiger partial charge in [0, 0.05) is 37.6 Å². The maximum Gasteiger partial charge on any atom is 0.409 e. The third-order valence-electron chi connectivity index (χ3n) is 8.65. The fourth-order valence-electron chi connectivity index (χ4n) is 6.07. The van der Waals surface area contributed by atoms with Gasteiger partial charge in [-0.25, -0.2) is 4.79 Å². The van der Waals surface area contributed by atoms with Gasteiger partial charge in [0.2, 0.25) is 11.5 Å². The van der Waals surface area contributed by atoms with E-state index in [-0.39, 0.29) is 23.7 Å². The molecule has 0 aliphatic carbocycles. The number of methoxy groups -OCH3 is 6. The number of pyridine rings is 1. The molecule has 0 N–H and O–H groups in total. The number of aromatic nitrogens is 1. The molecule has 1 saturated heterocycles. The van der Waals surface area contributed by atoms with E-state index in [4.69, 9.17) is 33.2 Å². The number of likely N-dealkylation sites (tertiary alicyclic amines) is 1. The van der Waals surface area contributed by atoms with Crippen LogP contribution in [0.25, 0.3) is 0 Å². The third-order valence-corrected chi connectivity index (χ3v) is 8.65. The summed E-state index contributed by atoms with van der Waals surface area (Å²) < 4.78 is 38.3. The Balaban J connectivity index is 1.41. The Hall–Kier alpha value is -5.20. The van der Waals surface area contributed by atoms with Crippen LogP contribution in [0.4, 0.5) is 4.79 Å². The van der Waals surface area contributed by atoms with Gasteiger partial charge in [-0.05, 0) is 80.0 Å². The van der Waals surface area contributed by atoms with Gasteiger partial charge in [0.05, 0.1) is 48.7 Å². The molecule has 2 aromatic carbocycles. The SMILES string of the molecule is COc1cc(CCCN(CCCc2cccnc2)C(=O)OCC2CCCN2C(=O)C(=O)c2cc(OC)c(OC)c(OC)c2)cc(OC)c1OC. The summed E-state index contributed by atoms with van der Waals surface area (Å²) >= 11 is 0. The molecule has 1 atom stereocenters. The lowest BCUT2D eigenvalue weighted by Gasteiger charge is -2.27. The number of carbonyl (C=O) groups excluding carboxylic acids is 3. The van der Waals surface area contributed by atoms with Crippen LogP contribution < -0.4 is 28.4 Å². The summed E-state index contributed by atoms with van der Waals surface area (Å²) in [6.45, 7) is 1.26. The molecule has 0 bridgehead atoms. The maximum atomic E-state index is 13.5. The van der Waals surface area contributed by atoms with Crippen LogP contribution in [0.15, 0.2) is 48.8 Å². The highest BCUT2D eigenvalue weighted by molar-refractivity contribution is 6.43. The molecule has 1 aromatic heterocycles. The van der Waals surface area contributed by atoms with E-state index in [0.29, 0.717) is 74.7 Å². The van der Waals surface area contributed by atoms with Crippen LogP contribution in [0, 0.1) is 0 Å². The van der Waals surface area contributed by atoms with Gasteiger partial charge in [0.1, 0.15) is 6.61 Å². The number of aryl methyl sites for hydroxylation is 2. The van der Waals surface area contributed by atoms with Crippen molar-refractivity contribution in [2.75, 3.05) is 68.9 Å². The first-order valence-corrected chi connectivity index (χ1v) is 16.5. The lowest BCUT2D eigenvalue weighted by atomic mass is 10.1. The van der Waals surface area contributed by atoms with Gasteiger partial charge >= 0.3 is 6.09 Å². The summed E-state index contributed by atoms with van der Waals surface area (Å²) in [6, 6.07) is 10.2. The minimum Gasteiger partial charge on any atom is -0.493 e. The number of carbonyl (C=O) groups is 3. The summed E-state index contributed by atoms with van der Waals surface area (Å²) in [6.07, 6.45) is 7.11. The quantitative estimate of drug-likeness (QED) is 0.131. The smallest absolute Gasteiger partial charge is 0.409 e. The van der Waals surface area contributed by atoms with Gasteiger partial charge in [-0.2, -0.15) is 0 Å². The van der Waals surface area contributed by atoms with Crippen LogP contribution in [0.3, 0.4) is 0 Å². The number of ketones is 1. The van der Waals surface area contributed by atoms with Gasteiger partial charge in [0.15, 0.2) is 23.0 Å². The number of hydrogen-bond donors (Lipinski definition) is 0. The fraction of sp³-hybridized carbons (Fsp3) is 0.459. The molecule has 3 aromatic rings. The van der Waals surface area contributed by atoms with Gasteiger partial charge in [-0.15, -0.1) is 0 Å². The van der Waals surface area contributed by atoms with Crippen LogP contribution in [0.1, 0.15) is 47.2 Å². The van der Waals surface area contributed by atoms with Gasteiger partial charge in [-0.1, -0.05) is 6.07 Å². The normalized spacial score (nSPS) is 13.7. The van der Waals surface area contributed by atoms with E-state index in [1.807, 2.05) is 30.5 Å². The zero-order chi connectivity index (χ0) is 36.0. The molecule has 0 spiro atoms. The van der Waals surface area contributed by atoms with Crippen LogP contribution in [-0.4, -0.2) is 108 Å². The lowest BCUT2D eigenvalue weighted by molar-refractivity contribution is -0.128. The molecule has 270 valence electrons. The lowest BCUT2D eigenvalue weighted by Crippen LogP contribution is -2.43. The number of hydrogen-bond acceptors (Lipinski definition) is 11. The van der Waals surface area contributed by atoms with E-state index in [1.54, 1.807) is 32.4 Å². The molecular formula is C37H47N3O10. The number of nitrogens with zero attached hydrogens (tertiary/aromatic N) is 3. The van der Waals surface area contributed by atoms with Gasteiger partial charge in [-0.3, -0.25) is 14.6 Å². The predicted molar refractivity (Wildman–Crippen MR) is 185 cm³/mol. The predicted octanol–water partition coefficient (Wildman–Crippen LogP) is 5.01. The minimum absolute atomic E-state index is 0.0287. The zero-order valence-electron chi connectivity index (χ0n) is 29.7. The van der Waals surface area contributed by atoms with Gasteiger partial charge in [0.25, 0.3) is 11.7 Å². The van der Waals surface area contributed by atoms with Crippen molar-refractivity contribution in [1.29, 1.82) is 0 Å². The van der Waals surface area contributed by atoms with Crippen LogP contribution in [-0.2, 0) is 22.4 Å². The third kappa shape index (κ3) is 9.27. The second kappa shape index (κ2) is 18.5. The molecule has 4 rings (SSSR count). The Morgan fingerprint density at radius 2 is 1.34 bits per heavy atom. The summed E-state index contributed by atoms with van der Waals surface area (Å²) in [7, 11) is 9.04. The van der Waals surface area contributed by atoms with Crippen molar-refractivity contribution < 1.29 is 47.5 Å². The number of amides is 2. The molecule has 1 fully saturated rings. The van der Waals surface area contributed by atoms with Crippen molar-refractivity contribution >= 4 is 17.8 Å². The molecule has 1 aliphatic heterocycles. The molecule has 0 radical (unpaired) electrons. The Bertz CT molecular complexity index is 1550. The van der Waals surface area contributed by atoms with Crippen molar-refractivity contribution in [1.82, 2.24) is 14.8 Å². The number of Topliss-reactive ketones (excluding diaryl/α,β-unsaturated/α-hetero) is 1. The molecule has 1 aliphatic rings. The van der Waals surface area contributed by atoms with Crippen molar-refractivity contribution in [2.45, 2.75) is 44.6 Å². The maximum absolute atomic E-state index is 13.5. The van der Waals surface area contributed by atoms with Crippen molar-refractivity contribution in [2.24, 2.45) is 0 Å². The van der Waals surface area contributed by atoms with E-state index >= 15 is 0 Å². The van der Waals surface area contributed by atoms with Gasteiger partial charge < -0.3 is 43.0 Å². The fourth-order valence-corrected chi connectivity index (χ4v) is 6.07. The second-order valence-corrected chi connectivity index (χ2v) is 11.7. The average molecular weight is 694 g/mol. The highest BCUT2D eigenvalue weighted by Crippen LogP contribution is 2.39. The summed E-state index contributed by atoms with van der Waals surface area (Å²) in [4.78, 5) is 47.7. The van der Waals surface area contributed by atoms with E-state index in [0.717, 1.165) is 17.5 Å². The highest BCUT2D eigenvalue weighted by Gasteiger charge is 2.35. The Morgan fingerprint density at radius 1 is 0.780 bits per heavy atom. The Labute approximate surface area is 293 Å². The topological polar surface area (TPSA) is 135 Å². The standard InChI is InChI=1S/C37H47N3O10/c1-44-29-19-26(20-30(45-2)34(29)48-5)13-9-17-39(16-8-12-25-11-7-15-38-23-25)37(43)50-24-28-14-10-18-40(28)36(42)33(41)27-21-31(46-3)35(49-6)32(22-27)47-4/h7,11,15,19-23,28H,8-10,12-14,16-18,24H2,1-6H3. The average Bonchev–Trinajstić information content (AvgIpc) is 3.63.